The number of anilines is 1. The van der Waals surface area contributed by atoms with Crippen molar-refractivity contribution >= 4 is 17.5 Å². The molecule has 0 aliphatic heterocycles. The van der Waals surface area contributed by atoms with E-state index in [0.717, 1.165) is 24.9 Å². The summed E-state index contributed by atoms with van der Waals surface area (Å²) in [6.07, 6.45) is 3.35. The zero-order chi connectivity index (χ0) is 19.6. The lowest BCUT2D eigenvalue weighted by molar-refractivity contribution is -0.116. The number of nitrogens with one attached hydrogen (secondary N) is 1. The third-order valence-corrected chi connectivity index (χ3v) is 4.71. The summed E-state index contributed by atoms with van der Waals surface area (Å²) in [6, 6.07) is 15.7. The average Bonchev–Trinajstić information content (AvgIpc) is 2.68. The molecule has 0 atom stereocenters. The lowest BCUT2D eigenvalue weighted by atomic mass is 10.1. The minimum atomic E-state index is 0.0155. The van der Waals surface area contributed by atoms with E-state index in [4.69, 9.17) is 0 Å². The van der Waals surface area contributed by atoms with E-state index >= 15 is 0 Å². The molecule has 2 aromatic carbocycles. The number of carbonyl (C=O) groups excluding carboxylic acids is 2. The lowest BCUT2D eigenvalue weighted by Crippen LogP contribution is -2.30. The van der Waals surface area contributed by atoms with Crippen LogP contribution in [-0.4, -0.2) is 29.8 Å². The van der Waals surface area contributed by atoms with Crippen LogP contribution in [0.3, 0.4) is 0 Å². The molecule has 0 aliphatic carbocycles. The number of carbonyl (C=O) groups is 2. The number of hydrogen-bond acceptors (Lipinski definition) is 2. The average molecular weight is 367 g/mol. The number of amides is 2. The SMILES string of the molecule is CCN(CC)C(=O)c1ccc(NC(=O)CCCCc2ccc(C)cc2)cc1. The largest absolute Gasteiger partial charge is 0.339 e. The Kier molecular flexibility index (Phi) is 8.05. The molecular weight excluding hydrogens is 336 g/mol. The normalized spacial score (nSPS) is 10.5. The van der Waals surface area contributed by atoms with Crippen LogP contribution < -0.4 is 5.32 Å². The molecule has 1 N–H and O–H groups in total. The van der Waals surface area contributed by atoms with Crippen molar-refractivity contribution in [2.24, 2.45) is 0 Å². The summed E-state index contributed by atoms with van der Waals surface area (Å²) >= 11 is 0. The molecule has 0 bridgehead atoms. The van der Waals surface area contributed by atoms with Crippen molar-refractivity contribution in [2.45, 2.75) is 46.5 Å². The Morgan fingerprint density at radius 1 is 0.889 bits per heavy atom. The van der Waals surface area contributed by atoms with Crippen LogP contribution in [0.5, 0.6) is 0 Å². The first kappa shape index (κ1) is 20.7. The highest BCUT2D eigenvalue weighted by Gasteiger charge is 2.12. The summed E-state index contributed by atoms with van der Waals surface area (Å²) in [5.74, 6) is 0.0377. The van der Waals surface area contributed by atoms with Gasteiger partial charge in [-0.3, -0.25) is 9.59 Å². The van der Waals surface area contributed by atoms with E-state index in [1.807, 2.05) is 13.8 Å². The molecule has 0 saturated heterocycles. The van der Waals surface area contributed by atoms with Crippen molar-refractivity contribution < 1.29 is 9.59 Å². The Morgan fingerprint density at radius 3 is 2.11 bits per heavy atom. The quantitative estimate of drug-likeness (QED) is 0.646. The molecule has 0 unspecified atom stereocenters. The second-order valence-corrected chi connectivity index (χ2v) is 6.80. The van der Waals surface area contributed by atoms with Crippen molar-refractivity contribution in [3.8, 4) is 0 Å². The van der Waals surface area contributed by atoms with Crippen LogP contribution in [0.4, 0.5) is 5.69 Å². The van der Waals surface area contributed by atoms with Crippen molar-refractivity contribution in [1.29, 1.82) is 0 Å². The fraction of sp³-hybridized carbons (Fsp3) is 0.391. The molecule has 27 heavy (non-hydrogen) atoms. The van der Waals surface area contributed by atoms with Gasteiger partial charge in [0.2, 0.25) is 5.91 Å². The second-order valence-electron chi connectivity index (χ2n) is 6.80. The topological polar surface area (TPSA) is 49.4 Å². The maximum Gasteiger partial charge on any atom is 0.253 e. The van der Waals surface area contributed by atoms with E-state index in [0.29, 0.717) is 25.1 Å². The number of hydrogen-bond donors (Lipinski definition) is 1. The smallest absolute Gasteiger partial charge is 0.253 e. The Hall–Kier alpha value is -2.62. The monoisotopic (exact) mass is 366 g/mol. The summed E-state index contributed by atoms with van der Waals surface area (Å²) < 4.78 is 0. The van der Waals surface area contributed by atoms with E-state index < -0.39 is 0 Å². The first-order chi connectivity index (χ1) is 13.0. The van der Waals surface area contributed by atoms with E-state index in [9.17, 15) is 9.59 Å². The molecule has 2 rings (SSSR count). The van der Waals surface area contributed by atoms with Gasteiger partial charge in [-0.2, -0.15) is 0 Å². The van der Waals surface area contributed by atoms with Crippen LogP contribution in [-0.2, 0) is 11.2 Å². The minimum Gasteiger partial charge on any atom is -0.339 e. The lowest BCUT2D eigenvalue weighted by Gasteiger charge is -2.18. The van der Waals surface area contributed by atoms with Crippen molar-refractivity contribution in [2.75, 3.05) is 18.4 Å². The summed E-state index contributed by atoms with van der Waals surface area (Å²) in [6.45, 7) is 7.40. The third-order valence-electron chi connectivity index (χ3n) is 4.71. The van der Waals surface area contributed by atoms with Gasteiger partial charge in [0, 0.05) is 30.8 Å². The number of rotatable bonds is 9. The molecule has 2 aromatic rings. The van der Waals surface area contributed by atoms with Crippen LogP contribution in [0.15, 0.2) is 48.5 Å². The fourth-order valence-electron chi connectivity index (χ4n) is 2.98. The Morgan fingerprint density at radius 2 is 1.52 bits per heavy atom. The van der Waals surface area contributed by atoms with Gasteiger partial charge in [0.15, 0.2) is 0 Å². The van der Waals surface area contributed by atoms with Gasteiger partial charge in [0.25, 0.3) is 5.91 Å². The zero-order valence-corrected chi connectivity index (χ0v) is 16.6. The van der Waals surface area contributed by atoms with Gasteiger partial charge in [-0.15, -0.1) is 0 Å². The molecule has 0 heterocycles. The van der Waals surface area contributed by atoms with Crippen LogP contribution in [0.2, 0.25) is 0 Å². The summed E-state index contributed by atoms with van der Waals surface area (Å²) in [5.41, 5.74) is 3.96. The van der Waals surface area contributed by atoms with Crippen LogP contribution in [0.25, 0.3) is 0 Å². The molecule has 4 nitrogen and oxygen atoms in total. The predicted molar refractivity (Wildman–Crippen MR) is 111 cm³/mol. The highest BCUT2D eigenvalue weighted by molar-refractivity contribution is 5.95. The molecule has 4 heteroatoms. The predicted octanol–water partition coefficient (Wildman–Crippen LogP) is 4.83. The molecule has 0 saturated carbocycles. The van der Waals surface area contributed by atoms with Gasteiger partial charge in [-0.1, -0.05) is 29.8 Å². The van der Waals surface area contributed by atoms with E-state index in [2.05, 4.69) is 36.5 Å². The van der Waals surface area contributed by atoms with Crippen molar-refractivity contribution in [3.05, 3.63) is 65.2 Å². The Labute approximate surface area is 162 Å². The highest BCUT2D eigenvalue weighted by Crippen LogP contribution is 2.13. The first-order valence-corrected chi connectivity index (χ1v) is 9.78. The van der Waals surface area contributed by atoms with Gasteiger partial charge in [0.1, 0.15) is 0 Å². The van der Waals surface area contributed by atoms with Crippen LogP contribution in [0, 0.1) is 6.92 Å². The molecule has 0 aliphatic rings. The van der Waals surface area contributed by atoms with Crippen molar-refractivity contribution in [1.82, 2.24) is 4.90 Å². The molecule has 0 spiro atoms. The fourth-order valence-corrected chi connectivity index (χ4v) is 2.98. The van der Waals surface area contributed by atoms with Crippen molar-refractivity contribution in [3.63, 3.8) is 0 Å². The molecule has 0 aromatic heterocycles. The van der Waals surface area contributed by atoms with Gasteiger partial charge in [-0.05, 0) is 69.9 Å². The molecule has 144 valence electrons. The van der Waals surface area contributed by atoms with Crippen LogP contribution in [0.1, 0.15) is 54.6 Å². The second kappa shape index (κ2) is 10.5. The Balaban J connectivity index is 1.75. The van der Waals surface area contributed by atoms with E-state index in [1.165, 1.54) is 11.1 Å². The molecule has 0 fully saturated rings. The summed E-state index contributed by atoms with van der Waals surface area (Å²) in [7, 11) is 0. The van der Waals surface area contributed by atoms with Gasteiger partial charge >= 0.3 is 0 Å². The maximum atomic E-state index is 12.3. The number of nitrogens with zero attached hydrogens (tertiary/aromatic N) is 1. The maximum absolute atomic E-state index is 12.3. The number of unbranched alkanes of at least 4 members (excludes halogenated alkanes) is 1. The summed E-state index contributed by atoms with van der Waals surface area (Å²) in [5, 5.41) is 2.91. The third kappa shape index (κ3) is 6.55. The zero-order valence-electron chi connectivity index (χ0n) is 16.6. The molecule has 0 radical (unpaired) electrons. The van der Waals surface area contributed by atoms with E-state index in [-0.39, 0.29) is 11.8 Å². The van der Waals surface area contributed by atoms with E-state index in [1.54, 1.807) is 29.2 Å². The number of aryl methyl sites for hydroxylation is 2. The molecular formula is C23H30N2O2. The summed E-state index contributed by atoms with van der Waals surface area (Å²) in [4.78, 5) is 26.2. The molecule has 2 amide bonds. The van der Waals surface area contributed by atoms with Gasteiger partial charge in [0.05, 0.1) is 0 Å². The first-order valence-electron chi connectivity index (χ1n) is 9.78. The van der Waals surface area contributed by atoms with Gasteiger partial charge in [-0.25, -0.2) is 0 Å². The standard InChI is InChI=1S/C23H30N2O2/c1-4-25(5-2)23(27)20-14-16-21(17-15-20)24-22(26)9-7-6-8-19-12-10-18(3)11-13-19/h10-17H,4-9H2,1-3H3,(H,24,26). The highest BCUT2D eigenvalue weighted by atomic mass is 16.2. The van der Waals surface area contributed by atoms with Gasteiger partial charge < -0.3 is 10.2 Å². The minimum absolute atomic E-state index is 0.0155. The van der Waals surface area contributed by atoms with Crippen LogP contribution >= 0.6 is 0 Å². The Bertz CT molecular complexity index is 732. The number of benzene rings is 2.